The zero-order valence-electron chi connectivity index (χ0n) is 8.47. The Morgan fingerprint density at radius 2 is 2.07 bits per heavy atom. The third kappa shape index (κ3) is 4.51. The SMILES string of the molecule is CCC(=S)OC(=O)C=Cc1ccccc1. The number of rotatable bonds is 3. The molecule has 0 fully saturated rings. The molecule has 0 spiro atoms. The molecule has 0 N–H and O–H groups in total. The van der Waals surface area contributed by atoms with Crippen molar-refractivity contribution in [1.29, 1.82) is 0 Å². The van der Waals surface area contributed by atoms with Crippen molar-refractivity contribution in [2.24, 2.45) is 0 Å². The molecule has 15 heavy (non-hydrogen) atoms. The summed E-state index contributed by atoms with van der Waals surface area (Å²) < 4.78 is 4.83. The first-order valence-corrected chi connectivity index (χ1v) is 5.11. The molecule has 1 rings (SSSR count). The normalized spacial score (nSPS) is 10.2. The molecule has 0 aromatic heterocycles. The summed E-state index contributed by atoms with van der Waals surface area (Å²) in [4.78, 5) is 11.2. The van der Waals surface area contributed by atoms with Gasteiger partial charge in [-0.05, 0) is 23.9 Å². The molecule has 1 aromatic rings. The van der Waals surface area contributed by atoms with Gasteiger partial charge in [-0.25, -0.2) is 4.79 Å². The van der Waals surface area contributed by atoms with Crippen LogP contribution in [0.4, 0.5) is 0 Å². The number of benzene rings is 1. The summed E-state index contributed by atoms with van der Waals surface area (Å²) in [7, 11) is 0. The molecule has 0 amide bonds. The number of thiocarbonyl (C=S) groups is 1. The summed E-state index contributed by atoms with van der Waals surface area (Å²) in [5, 5.41) is 0.317. The van der Waals surface area contributed by atoms with Crippen LogP contribution in [0.2, 0.25) is 0 Å². The van der Waals surface area contributed by atoms with Gasteiger partial charge in [-0.1, -0.05) is 37.3 Å². The van der Waals surface area contributed by atoms with E-state index < -0.39 is 5.97 Å². The molecule has 2 nitrogen and oxygen atoms in total. The summed E-state index contributed by atoms with van der Waals surface area (Å²) in [6, 6.07) is 9.54. The van der Waals surface area contributed by atoms with Gasteiger partial charge in [0, 0.05) is 12.5 Å². The first-order chi connectivity index (χ1) is 7.22. The van der Waals surface area contributed by atoms with Gasteiger partial charge in [0.15, 0.2) is 5.05 Å². The average Bonchev–Trinajstić information content (AvgIpc) is 2.27. The maximum Gasteiger partial charge on any atom is 0.336 e. The summed E-state index contributed by atoms with van der Waals surface area (Å²) in [6.07, 6.45) is 3.64. The van der Waals surface area contributed by atoms with Crippen molar-refractivity contribution in [2.75, 3.05) is 0 Å². The molecule has 0 unspecified atom stereocenters. The lowest BCUT2D eigenvalue weighted by atomic mass is 10.2. The first-order valence-electron chi connectivity index (χ1n) is 4.70. The van der Waals surface area contributed by atoms with E-state index in [4.69, 9.17) is 17.0 Å². The van der Waals surface area contributed by atoms with Gasteiger partial charge < -0.3 is 4.74 Å². The fourth-order valence-electron chi connectivity index (χ4n) is 0.947. The largest absolute Gasteiger partial charge is 0.416 e. The van der Waals surface area contributed by atoms with E-state index in [9.17, 15) is 4.79 Å². The molecule has 78 valence electrons. The lowest BCUT2D eigenvalue weighted by molar-refractivity contribution is -0.129. The average molecular weight is 220 g/mol. The third-order valence-electron chi connectivity index (χ3n) is 1.71. The Morgan fingerprint density at radius 3 is 2.67 bits per heavy atom. The smallest absolute Gasteiger partial charge is 0.336 e. The molecule has 3 heteroatoms. The number of esters is 1. The van der Waals surface area contributed by atoms with Crippen molar-refractivity contribution in [3.63, 3.8) is 0 Å². The summed E-state index contributed by atoms with van der Waals surface area (Å²) in [5.41, 5.74) is 0.955. The van der Waals surface area contributed by atoms with E-state index in [1.54, 1.807) is 6.08 Å². The summed E-state index contributed by atoms with van der Waals surface area (Å²) in [6.45, 7) is 1.84. The van der Waals surface area contributed by atoms with Crippen molar-refractivity contribution in [3.05, 3.63) is 42.0 Å². The molecule has 0 saturated carbocycles. The van der Waals surface area contributed by atoms with Crippen LogP contribution in [-0.2, 0) is 9.53 Å². The highest BCUT2D eigenvalue weighted by Gasteiger charge is 1.99. The molecule has 0 heterocycles. The topological polar surface area (TPSA) is 26.3 Å². The predicted octanol–water partition coefficient (Wildman–Crippen LogP) is 2.98. The zero-order valence-corrected chi connectivity index (χ0v) is 9.29. The molecule has 1 aromatic carbocycles. The van der Waals surface area contributed by atoms with E-state index in [1.807, 2.05) is 37.3 Å². The minimum Gasteiger partial charge on any atom is -0.416 e. The summed E-state index contributed by atoms with van der Waals surface area (Å²) >= 11 is 4.79. The number of carbonyl (C=O) groups is 1. The van der Waals surface area contributed by atoms with Crippen LogP contribution < -0.4 is 0 Å². The van der Waals surface area contributed by atoms with Gasteiger partial charge in [0.05, 0.1) is 0 Å². The second-order valence-electron chi connectivity index (χ2n) is 2.89. The lowest BCUT2D eigenvalue weighted by Crippen LogP contribution is -2.06. The third-order valence-corrected chi connectivity index (χ3v) is 2.09. The van der Waals surface area contributed by atoms with Crippen molar-refractivity contribution in [1.82, 2.24) is 0 Å². The van der Waals surface area contributed by atoms with E-state index in [0.29, 0.717) is 11.5 Å². The molecule has 0 atom stereocenters. The molecule has 0 radical (unpaired) electrons. The Kier molecular flexibility index (Phi) is 4.71. The Hall–Kier alpha value is -1.48. The van der Waals surface area contributed by atoms with Crippen LogP contribution in [0.1, 0.15) is 18.9 Å². The van der Waals surface area contributed by atoms with Crippen molar-refractivity contribution in [2.45, 2.75) is 13.3 Å². The zero-order chi connectivity index (χ0) is 11.1. The number of hydrogen-bond acceptors (Lipinski definition) is 3. The molecule has 0 aliphatic rings. The molecule has 0 aliphatic heterocycles. The second kappa shape index (κ2) is 6.09. The highest BCUT2D eigenvalue weighted by atomic mass is 32.1. The van der Waals surface area contributed by atoms with Crippen molar-refractivity contribution in [3.8, 4) is 0 Å². The van der Waals surface area contributed by atoms with Gasteiger partial charge in [-0.15, -0.1) is 0 Å². The van der Waals surface area contributed by atoms with Crippen LogP contribution in [0.15, 0.2) is 36.4 Å². The van der Waals surface area contributed by atoms with E-state index in [-0.39, 0.29) is 0 Å². The molecule has 0 aliphatic carbocycles. The Balaban J connectivity index is 2.52. The Labute approximate surface area is 94.6 Å². The van der Waals surface area contributed by atoms with E-state index in [0.717, 1.165) is 5.56 Å². The van der Waals surface area contributed by atoms with E-state index >= 15 is 0 Å². The van der Waals surface area contributed by atoms with Gasteiger partial charge in [-0.3, -0.25) is 0 Å². The Morgan fingerprint density at radius 1 is 1.40 bits per heavy atom. The fourth-order valence-corrected chi connectivity index (χ4v) is 1.03. The number of carbonyl (C=O) groups excluding carboxylic acids is 1. The second-order valence-corrected chi connectivity index (χ2v) is 3.35. The standard InChI is InChI=1S/C12H12O2S/c1-2-12(15)14-11(13)9-8-10-6-4-3-5-7-10/h3-9H,2H2,1H3. The van der Waals surface area contributed by atoms with Gasteiger partial charge >= 0.3 is 5.97 Å². The first kappa shape index (κ1) is 11.6. The minimum atomic E-state index is -0.425. The molecule has 0 bridgehead atoms. The van der Waals surface area contributed by atoms with Gasteiger partial charge in [0.25, 0.3) is 0 Å². The van der Waals surface area contributed by atoms with Crippen molar-refractivity contribution < 1.29 is 9.53 Å². The van der Waals surface area contributed by atoms with Gasteiger partial charge in [-0.2, -0.15) is 0 Å². The molecular weight excluding hydrogens is 208 g/mol. The van der Waals surface area contributed by atoms with E-state index in [1.165, 1.54) is 6.08 Å². The van der Waals surface area contributed by atoms with Crippen LogP contribution in [0, 0.1) is 0 Å². The van der Waals surface area contributed by atoms with Crippen molar-refractivity contribution >= 4 is 29.3 Å². The lowest BCUT2D eigenvalue weighted by Gasteiger charge is -1.98. The van der Waals surface area contributed by atoms with Gasteiger partial charge in [0.2, 0.25) is 0 Å². The maximum absolute atomic E-state index is 11.2. The molecule has 0 saturated heterocycles. The van der Waals surface area contributed by atoms with Crippen LogP contribution in [-0.4, -0.2) is 11.0 Å². The number of ether oxygens (including phenoxy) is 1. The minimum absolute atomic E-state index is 0.317. The van der Waals surface area contributed by atoms with Crippen LogP contribution in [0.25, 0.3) is 6.08 Å². The quantitative estimate of drug-likeness (QED) is 0.445. The van der Waals surface area contributed by atoms with E-state index in [2.05, 4.69) is 0 Å². The number of hydrogen-bond donors (Lipinski definition) is 0. The highest BCUT2D eigenvalue weighted by Crippen LogP contribution is 2.01. The Bertz CT molecular complexity index is 368. The summed E-state index contributed by atoms with van der Waals surface area (Å²) in [5.74, 6) is -0.425. The predicted molar refractivity (Wildman–Crippen MR) is 64.5 cm³/mol. The maximum atomic E-state index is 11.2. The fraction of sp³-hybridized carbons (Fsp3) is 0.167. The van der Waals surface area contributed by atoms with Crippen LogP contribution in [0.3, 0.4) is 0 Å². The highest BCUT2D eigenvalue weighted by molar-refractivity contribution is 7.80. The van der Waals surface area contributed by atoms with Crippen LogP contribution >= 0.6 is 12.2 Å². The van der Waals surface area contributed by atoms with Gasteiger partial charge in [0.1, 0.15) is 0 Å². The van der Waals surface area contributed by atoms with Crippen LogP contribution in [0.5, 0.6) is 0 Å². The molecular formula is C12H12O2S. The monoisotopic (exact) mass is 220 g/mol.